The number of aryl methyl sites for hydroxylation is 1. The molecule has 19 heavy (non-hydrogen) atoms. The van der Waals surface area contributed by atoms with Crippen molar-refractivity contribution in [3.05, 3.63) is 23.0 Å². The van der Waals surface area contributed by atoms with E-state index in [1.165, 1.54) is 25.7 Å². The Hall–Kier alpha value is -1.30. The van der Waals surface area contributed by atoms with E-state index in [9.17, 15) is 4.79 Å². The molecule has 102 valence electrons. The van der Waals surface area contributed by atoms with Crippen LogP contribution in [0.5, 0.6) is 0 Å². The minimum Gasteiger partial charge on any atom is -0.315 e. The van der Waals surface area contributed by atoms with Gasteiger partial charge in [-0.25, -0.2) is 13.9 Å². The van der Waals surface area contributed by atoms with E-state index in [1.807, 2.05) is 11.5 Å². The molecule has 3 rings (SSSR count). The highest BCUT2D eigenvalue weighted by atomic mass is 32.2. The first kappa shape index (κ1) is 12.7. The topological polar surface area (TPSA) is 52.7 Å². The molecule has 0 radical (unpaired) electrons. The lowest BCUT2D eigenvalue weighted by molar-refractivity contribution is 0.622. The zero-order chi connectivity index (χ0) is 13.2. The Morgan fingerprint density at radius 2 is 2.11 bits per heavy atom. The Labute approximate surface area is 116 Å². The van der Waals surface area contributed by atoms with E-state index in [2.05, 4.69) is 9.97 Å². The molecule has 0 spiro atoms. The van der Waals surface area contributed by atoms with Gasteiger partial charge in [-0.3, -0.25) is 4.79 Å². The van der Waals surface area contributed by atoms with Crippen molar-refractivity contribution < 1.29 is 0 Å². The molecule has 0 N–H and O–H groups in total. The zero-order valence-electron chi connectivity index (χ0n) is 11.1. The average Bonchev–Trinajstić information content (AvgIpc) is 3.07. The van der Waals surface area contributed by atoms with Gasteiger partial charge in [-0.05, 0) is 37.6 Å². The van der Waals surface area contributed by atoms with E-state index in [1.54, 1.807) is 28.6 Å². The van der Waals surface area contributed by atoms with Gasteiger partial charge in [0.15, 0.2) is 11.2 Å². The van der Waals surface area contributed by atoms with Crippen molar-refractivity contribution in [3.63, 3.8) is 0 Å². The minimum absolute atomic E-state index is 0.0415. The van der Waals surface area contributed by atoms with Gasteiger partial charge < -0.3 is 4.57 Å². The van der Waals surface area contributed by atoms with Crippen LogP contribution in [0.1, 0.15) is 32.6 Å². The monoisotopic (exact) mass is 278 g/mol. The van der Waals surface area contributed by atoms with Crippen LogP contribution >= 0.6 is 11.9 Å². The van der Waals surface area contributed by atoms with Gasteiger partial charge in [0.2, 0.25) is 0 Å². The van der Waals surface area contributed by atoms with Gasteiger partial charge in [0.05, 0.1) is 6.33 Å². The molecular formula is C13H18N4OS. The van der Waals surface area contributed by atoms with E-state index in [0.29, 0.717) is 11.2 Å². The molecule has 5 nitrogen and oxygen atoms in total. The molecule has 0 aliphatic heterocycles. The van der Waals surface area contributed by atoms with Crippen molar-refractivity contribution in [1.82, 2.24) is 18.5 Å². The smallest absolute Gasteiger partial charge is 0.291 e. The number of imidazole rings is 1. The summed E-state index contributed by atoms with van der Waals surface area (Å²) in [6, 6.07) is 0. The molecule has 0 amide bonds. The molecule has 0 unspecified atom stereocenters. The fourth-order valence-electron chi connectivity index (χ4n) is 2.61. The number of nitrogens with zero attached hydrogens (tertiary/aromatic N) is 4. The molecule has 0 atom stereocenters. The van der Waals surface area contributed by atoms with Crippen molar-refractivity contribution in [2.45, 2.75) is 39.2 Å². The normalized spacial score (nSPS) is 16.5. The second kappa shape index (κ2) is 5.36. The fraction of sp³-hybridized carbons (Fsp3) is 0.615. The van der Waals surface area contributed by atoms with Gasteiger partial charge in [-0.15, -0.1) is 0 Å². The molecule has 2 heterocycles. The summed E-state index contributed by atoms with van der Waals surface area (Å²) in [7, 11) is 0. The lowest BCUT2D eigenvalue weighted by Crippen LogP contribution is -2.17. The van der Waals surface area contributed by atoms with Crippen molar-refractivity contribution in [1.29, 1.82) is 0 Å². The summed E-state index contributed by atoms with van der Waals surface area (Å²) in [5.74, 6) is 1.75. The van der Waals surface area contributed by atoms with Crippen molar-refractivity contribution in [2.24, 2.45) is 5.92 Å². The summed E-state index contributed by atoms with van der Waals surface area (Å²) >= 11 is 1.57. The first-order chi connectivity index (χ1) is 9.29. The Kier molecular flexibility index (Phi) is 3.59. The molecule has 0 bridgehead atoms. The van der Waals surface area contributed by atoms with Crippen LogP contribution in [0.25, 0.3) is 11.2 Å². The minimum atomic E-state index is -0.0415. The molecule has 1 saturated carbocycles. The van der Waals surface area contributed by atoms with Crippen LogP contribution in [-0.4, -0.2) is 24.3 Å². The van der Waals surface area contributed by atoms with Gasteiger partial charge in [0.1, 0.15) is 6.33 Å². The van der Waals surface area contributed by atoms with Gasteiger partial charge in [-0.2, -0.15) is 0 Å². The third-order valence-corrected chi connectivity index (χ3v) is 4.92. The third kappa shape index (κ3) is 2.41. The fourth-order valence-corrected chi connectivity index (χ4v) is 3.63. The summed E-state index contributed by atoms with van der Waals surface area (Å²) in [5, 5.41) is 0. The summed E-state index contributed by atoms with van der Waals surface area (Å²) < 4.78 is 3.52. The highest BCUT2D eigenvalue weighted by Crippen LogP contribution is 2.27. The lowest BCUT2D eigenvalue weighted by Gasteiger charge is -2.09. The van der Waals surface area contributed by atoms with Gasteiger partial charge >= 0.3 is 0 Å². The van der Waals surface area contributed by atoms with E-state index in [0.717, 1.165) is 18.2 Å². The Bertz CT molecular complexity index is 627. The van der Waals surface area contributed by atoms with Gasteiger partial charge in [-0.1, -0.05) is 12.8 Å². The van der Waals surface area contributed by atoms with Crippen LogP contribution in [0.15, 0.2) is 17.4 Å². The van der Waals surface area contributed by atoms with Crippen LogP contribution in [0.2, 0.25) is 0 Å². The van der Waals surface area contributed by atoms with Gasteiger partial charge in [0, 0.05) is 12.3 Å². The molecule has 1 aliphatic carbocycles. The molecule has 1 aliphatic rings. The number of hydrogen-bond acceptors (Lipinski definition) is 4. The Morgan fingerprint density at radius 1 is 1.32 bits per heavy atom. The van der Waals surface area contributed by atoms with Crippen molar-refractivity contribution in [2.75, 3.05) is 5.75 Å². The molecule has 0 saturated heterocycles. The van der Waals surface area contributed by atoms with E-state index in [-0.39, 0.29) is 5.56 Å². The largest absolute Gasteiger partial charge is 0.315 e. The standard InChI is InChI=1S/C13H18N4OS/c1-2-16-8-14-11-12(16)15-9-17(13(11)18)19-7-10-5-3-4-6-10/h8-10H,2-7H2,1H3. The molecular weight excluding hydrogens is 260 g/mol. The molecule has 1 fully saturated rings. The third-order valence-electron chi connectivity index (χ3n) is 3.76. The van der Waals surface area contributed by atoms with Crippen LogP contribution in [0.4, 0.5) is 0 Å². The first-order valence-electron chi connectivity index (χ1n) is 6.85. The maximum absolute atomic E-state index is 12.3. The second-order valence-electron chi connectivity index (χ2n) is 5.02. The summed E-state index contributed by atoms with van der Waals surface area (Å²) in [4.78, 5) is 20.8. The summed E-state index contributed by atoms with van der Waals surface area (Å²) in [6.07, 6.45) is 8.57. The second-order valence-corrected chi connectivity index (χ2v) is 6.01. The average molecular weight is 278 g/mol. The van der Waals surface area contributed by atoms with Crippen LogP contribution in [-0.2, 0) is 6.54 Å². The highest BCUT2D eigenvalue weighted by Gasteiger charge is 2.16. The van der Waals surface area contributed by atoms with E-state index in [4.69, 9.17) is 0 Å². The predicted molar refractivity (Wildman–Crippen MR) is 77.3 cm³/mol. The van der Waals surface area contributed by atoms with Crippen LogP contribution in [0.3, 0.4) is 0 Å². The predicted octanol–water partition coefficient (Wildman–Crippen LogP) is 2.30. The molecule has 0 aromatic carbocycles. The number of aromatic nitrogens is 4. The van der Waals surface area contributed by atoms with E-state index >= 15 is 0 Å². The molecule has 2 aromatic heterocycles. The summed E-state index contributed by atoms with van der Waals surface area (Å²) in [5.41, 5.74) is 1.12. The number of fused-ring (bicyclic) bond motifs is 1. The quantitative estimate of drug-likeness (QED) is 0.861. The maximum Gasteiger partial charge on any atom is 0.291 e. The first-order valence-corrected chi connectivity index (χ1v) is 7.79. The van der Waals surface area contributed by atoms with Gasteiger partial charge in [0.25, 0.3) is 5.56 Å². The summed E-state index contributed by atoms with van der Waals surface area (Å²) in [6.45, 7) is 2.80. The maximum atomic E-state index is 12.3. The number of rotatable bonds is 4. The van der Waals surface area contributed by atoms with E-state index < -0.39 is 0 Å². The van der Waals surface area contributed by atoms with Crippen molar-refractivity contribution >= 4 is 23.1 Å². The highest BCUT2D eigenvalue weighted by molar-refractivity contribution is 7.97. The Balaban J connectivity index is 1.83. The lowest BCUT2D eigenvalue weighted by atomic mass is 10.1. The van der Waals surface area contributed by atoms with Crippen LogP contribution in [0, 0.1) is 5.92 Å². The zero-order valence-corrected chi connectivity index (χ0v) is 11.9. The number of hydrogen-bond donors (Lipinski definition) is 0. The molecule has 6 heteroatoms. The SMILES string of the molecule is CCn1cnc2c(=O)n(SCC3CCCC3)cnc21. The Morgan fingerprint density at radius 3 is 2.84 bits per heavy atom. The van der Waals surface area contributed by atoms with Crippen molar-refractivity contribution in [3.8, 4) is 0 Å². The van der Waals surface area contributed by atoms with Crippen LogP contribution < -0.4 is 5.56 Å². The molecule has 2 aromatic rings.